The van der Waals surface area contributed by atoms with Crippen molar-refractivity contribution in [2.24, 2.45) is 23.7 Å². The van der Waals surface area contributed by atoms with Crippen LogP contribution in [-0.4, -0.2) is 6.66 Å². The molecule has 0 heterocycles. The first-order chi connectivity index (χ1) is 36.9. The van der Waals surface area contributed by atoms with Crippen LogP contribution in [0.1, 0.15) is 211 Å². The van der Waals surface area contributed by atoms with Crippen LogP contribution in [0.15, 0.2) is 97.1 Å². The quantitative estimate of drug-likeness (QED) is 0.0804. The summed E-state index contributed by atoms with van der Waals surface area (Å²) in [5, 5.41) is 1.05. The summed E-state index contributed by atoms with van der Waals surface area (Å²) >= 11 is 0. The lowest BCUT2D eigenvalue weighted by Crippen LogP contribution is -2.18. The van der Waals surface area contributed by atoms with Crippen LogP contribution in [0.4, 0.5) is 0 Å². The fourth-order valence-corrected chi connectivity index (χ4v) is 12.9. The Morgan fingerprint density at radius 3 is 0.938 bits per heavy atom. The van der Waals surface area contributed by atoms with Gasteiger partial charge in [0.1, 0.15) is 23.0 Å². The van der Waals surface area contributed by atoms with Gasteiger partial charge in [-0.25, -0.2) is 0 Å². The van der Waals surface area contributed by atoms with Crippen molar-refractivity contribution in [1.82, 2.24) is 0 Å². The van der Waals surface area contributed by atoms with Crippen LogP contribution in [0.5, 0.6) is 23.0 Å². The van der Waals surface area contributed by atoms with Gasteiger partial charge in [0.25, 0.3) is 8.38 Å². The number of aryl methyl sites for hydroxylation is 5. The summed E-state index contributed by atoms with van der Waals surface area (Å²) < 4.78 is 27.3. The maximum atomic E-state index is 7.11. The highest BCUT2D eigenvalue weighted by Gasteiger charge is 2.30. The van der Waals surface area contributed by atoms with Crippen molar-refractivity contribution in [3.8, 4) is 34.1 Å². The molecule has 0 unspecified atom stereocenters. The van der Waals surface area contributed by atoms with E-state index >= 15 is 0 Å². The smallest absolute Gasteiger partial charge is 0.326 e. The zero-order chi connectivity index (χ0) is 60.0. The highest BCUT2D eigenvalue weighted by Crippen LogP contribution is 2.48. The summed E-state index contributed by atoms with van der Waals surface area (Å²) in [6.07, 6.45) is 4.11. The van der Waals surface area contributed by atoms with Gasteiger partial charge < -0.3 is 28.0 Å². The molecule has 0 amide bonds. The van der Waals surface area contributed by atoms with Crippen molar-refractivity contribution < 1.29 is 18.1 Å². The monoisotopic (exact) mass is 1150 g/mol. The maximum absolute atomic E-state index is 7.11. The molecule has 0 aromatic heterocycles. The van der Waals surface area contributed by atoms with Crippen molar-refractivity contribution >= 4 is 32.0 Å². The summed E-state index contributed by atoms with van der Waals surface area (Å²) in [6, 6.07) is 35.9. The van der Waals surface area contributed by atoms with E-state index in [9.17, 15) is 0 Å². The summed E-state index contributed by atoms with van der Waals surface area (Å²) in [6.45, 7) is 58.6. The third kappa shape index (κ3) is 20.0. The van der Waals surface area contributed by atoms with Gasteiger partial charge in [0.15, 0.2) is 0 Å². The minimum Gasteiger partial charge on any atom is -1.51 e. The average molecular weight is 1150 g/mol. The van der Waals surface area contributed by atoms with Gasteiger partial charge in [0.05, 0.1) is 5.30 Å². The van der Waals surface area contributed by atoms with Crippen molar-refractivity contribution in [2.75, 3.05) is 6.66 Å². The van der Waals surface area contributed by atoms with Crippen LogP contribution in [0, 0.1) is 58.3 Å². The first-order valence-electron chi connectivity index (χ1n) is 29.9. The second kappa shape index (κ2) is 28.6. The molecular weight excluding hydrogens is 1050 g/mol. The topological polar surface area (TPSA) is 36.9 Å². The van der Waals surface area contributed by atoms with Crippen LogP contribution in [0.25, 0.3) is 11.1 Å². The maximum Gasteiger partial charge on any atom is 0.326 e. The minimum absolute atomic E-state index is 0. The molecule has 0 bridgehead atoms. The first kappa shape index (κ1) is 69.3. The van der Waals surface area contributed by atoms with Crippen molar-refractivity contribution in [3.63, 3.8) is 0 Å². The van der Waals surface area contributed by atoms with Crippen LogP contribution < -0.4 is 23.4 Å². The molecule has 4 nitrogen and oxygen atoms in total. The van der Waals surface area contributed by atoms with Gasteiger partial charge >= 0.3 is 8.38 Å². The van der Waals surface area contributed by atoms with Crippen LogP contribution in [0.3, 0.4) is 0 Å². The first-order valence-corrected chi connectivity index (χ1v) is 32.7. The summed E-state index contributed by atoms with van der Waals surface area (Å²) in [5.74, 6) is 6.07. The van der Waals surface area contributed by atoms with Crippen molar-refractivity contribution in [2.45, 2.75) is 220 Å². The predicted octanol–water partition coefficient (Wildman–Crippen LogP) is 22.7. The lowest BCUT2D eigenvalue weighted by atomic mass is 9.82. The van der Waals surface area contributed by atoms with Crippen molar-refractivity contribution in [1.29, 1.82) is 0 Å². The zero-order valence-electron chi connectivity index (χ0n) is 55.4. The number of hydrogen-bond acceptors (Lipinski definition) is 4. The molecule has 0 fully saturated rings. The molecule has 0 spiro atoms. The normalized spacial score (nSPS) is 12.3. The Morgan fingerprint density at radius 2 is 0.630 bits per heavy atom. The van der Waals surface area contributed by atoms with E-state index in [1.165, 1.54) is 83.5 Å². The highest BCUT2D eigenvalue weighted by molar-refractivity contribution is 7.56. The second-order valence-corrected chi connectivity index (χ2v) is 31.6. The Morgan fingerprint density at radius 1 is 0.346 bits per heavy atom. The van der Waals surface area contributed by atoms with Gasteiger partial charge in [0, 0.05) is 17.8 Å². The standard InChI is InChI=1S/C43H57O2P.C31H49O2P.HP/c1-28(2)22-35-26-38(42(8,9)10)40(24-31(35)6)44-46(37-20-18-34(19-21-37)33-16-14-30(5)15-17-33)45-41-25-32(7)36(23-29(3)4)27-39(41)43(11,12)13;1-20(2)14-24-18-26(30(7,8)9)22(5)16-28(24)32-34(13)33-29-17-23(6)27(31(10,11)12)19-25(29)15-21(3)4;/h14-21,24-29H,22-23H2,1-13H3;16-21H,14-15H2,1-13H3;1H/q;;-2. The Hall–Kier alpha value is -4.19. The molecule has 444 valence electrons. The van der Waals surface area contributed by atoms with E-state index < -0.39 is 16.8 Å². The molecule has 81 heavy (non-hydrogen) atoms. The van der Waals surface area contributed by atoms with Gasteiger partial charge in [-0.05, 0) is 209 Å². The minimum atomic E-state index is -1.50. The fraction of sp³-hybridized carbons (Fsp3) is 0.514. The molecule has 6 aromatic carbocycles. The fourth-order valence-electron chi connectivity index (χ4n) is 10.7. The lowest BCUT2D eigenvalue weighted by Gasteiger charge is -2.30. The third-order valence-electron chi connectivity index (χ3n) is 14.7. The van der Waals surface area contributed by atoms with Gasteiger partial charge in [-0.1, -0.05) is 205 Å². The number of hydrogen-bond donors (Lipinski definition) is 0. The number of rotatable bonds is 18. The molecule has 0 atom stereocenters. The third-order valence-corrected chi connectivity index (χ3v) is 17.1. The number of benzene rings is 6. The lowest BCUT2D eigenvalue weighted by molar-refractivity contribution is 0.467. The summed E-state index contributed by atoms with van der Waals surface area (Å²) in [4.78, 5) is 0. The zero-order valence-corrected chi connectivity index (χ0v) is 58.2. The Kier molecular flexibility index (Phi) is 24.5. The average Bonchev–Trinajstić information content (AvgIpc) is 3.30. The Labute approximate surface area is 501 Å². The second-order valence-electron chi connectivity index (χ2n) is 29.0. The van der Waals surface area contributed by atoms with E-state index in [-0.39, 0.29) is 31.6 Å². The molecular formula is C74H107O4P3-2. The van der Waals surface area contributed by atoms with Gasteiger partial charge in [-0.3, -0.25) is 0 Å². The van der Waals surface area contributed by atoms with E-state index in [1.54, 1.807) is 0 Å². The summed E-state index contributed by atoms with van der Waals surface area (Å²) in [5.41, 5.74) is 19.4. The SMILES string of the molecule is Cc1cc(OP(C)Oc2cc(C)c(C(C)(C)C)cc2CC(C)C)c(CC(C)C)cc1C(C)(C)C.Cc1ccc(-c2ccc(P(Oc3cc(C)c(CC(C)C)cc3C(C)(C)C)Oc3cc(C)c(CC(C)C)cc3C(C)(C)C)cc2)cc1.[PH-2]. The van der Waals surface area contributed by atoms with E-state index in [1.807, 2.05) is 0 Å². The van der Waals surface area contributed by atoms with Gasteiger partial charge in [-0.2, -0.15) is 0 Å². The molecule has 0 N–H and O–H groups in total. The van der Waals surface area contributed by atoms with E-state index in [4.69, 9.17) is 18.1 Å². The Balaban J connectivity index is 0.000000360. The van der Waals surface area contributed by atoms with Gasteiger partial charge in [0.2, 0.25) is 0 Å². The van der Waals surface area contributed by atoms with Crippen molar-refractivity contribution in [3.05, 3.63) is 169 Å². The van der Waals surface area contributed by atoms with Crippen LogP contribution in [0.2, 0.25) is 0 Å². The molecule has 0 saturated carbocycles. The molecule has 6 rings (SSSR count). The highest BCUT2D eigenvalue weighted by atomic mass is 31.2. The molecule has 0 aliphatic heterocycles. The van der Waals surface area contributed by atoms with Gasteiger partial charge in [-0.15, -0.1) is 0 Å². The largest absolute Gasteiger partial charge is 1.51 e. The van der Waals surface area contributed by atoms with Crippen LogP contribution in [-0.2, 0) is 47.3 Å². The molecule has 0 saturated heterocycles. The van der Waals surface area contributed by atoms with Crippen LogP contribution >= 0.6 is 26.6 Å². The van der Waals surface area contributed by atoms with E-state index in [2.05, 4.69) is 277 Å². The predicted molar refractivity (Wildman–Crippen MR) is 361 cm³/mol. The Bertz CT molecular complexity index is 2830. The van der Waals surface area contributed by atoms with E-state index in [0.29, 0.717) is 23.7 Å². The molecule has 0 aliphatic carbocycles. The molecule has 7 heteroatoms. The van der Waals surface area contributed by atoms with E-state index in [0.717, 1.165) is 54.0 Å². The molecule has 0 radical (unpaired) electrons. The summed E-state index contributed by atoms with van der Waals surface area (Å²) in [7, 11) is -2.61. The molecule has 0 aliphatic rings. The molecule has 6 aromatic rings.